The fourth-order valence-corrected chi connectivity index (χ4v) is 1.73. The van der Waals surface area contributed by atoms with Gasteiger partial charge < -0.3 is 5.32 Å². The van der Waals surface area contributed by atoms with Gasteiger partial charge in [-0.05, 0) is 18.5 Å². The molecular formula is C13H16F2N4. The average molecular weight is 266 g/mol. The monoisotopic (exact) mass is 266 g/mol. The maximum absolute atomic E-state index is 12.4. The summed E-state index contributed by atoms with van der Waals surface area (Å²) in [5.41, 5.74) is 1.07. The number of hydrogen-bond acceptors (Lipinski definition) is 3. The summed E-state index contributed by atoms with van der Waals surface area (Å²) >= 11 is 0. The Morgan fingerprint density at radius 3 is 2.63 bits per heavy atom. The van der Waals surface area contributed by atoms with Crippen LogP contribution in [-0.4, -0.2) is 21.5 Å². The smallest absolute Gasteiger partial charge is 0.263 e. The number of hydrogen-bond donors (Lipinski definition) is 1. The summed E-state index contributed by atoms with van der Waals surface area (Å²) in [5, 5.41) is 10.9. The highest BCUT2D eigenvalue weighted by Gasteiger charge is 2.05. The first-order chi connectivity index (χ1) is 9.25. The molecule has 102 valence electrons. The molecular weight excluding hydrogens is 250 g/mol. The molecule has 0 radical (unpaired) electrons. The molecule has 6 heteroatoms. The topological polar surface area (TPSA) is 42.7 Å². The lowest BCUT2D eigenvalue weighted by Crippen LogP contribution is -2.16. The fourth-order valence-electron chi connectivity index (χ4n) is 1.73. The van der Waals surface area contributed by atoms with Crippen LogP contribution >= 0.6 is 0 Å². The molecule has 2 rings (SSSR count). The molecule has 0 fully saturated rings. The third-order valence-electron chi connectivity index (χ3n) is 2.77. The van der Waals surface area contributed by atoms with Crippen LogP contribution in [0.3, 0.4) is 0 Å². The second-order valence-corrected chi connectivity index (χ2v) is 4.24. The Morgan fingerprint density at radius 2 is 2.00 bits per heavy atom. The minimum atomic E-state index is -2.40. The van der Waals surface area contributed by atoms with Crippen LogP contribution < -0.4 is 5.32 Å². The summed E-state index contributed by atoms with van der Waals surface area (Å²) < 4.78 is 26.5. The third-order valence-corrected chi connectivity index (χ3v) is 2.77. The number of benzene rings is 1. The molecule has 0 atom stereocenters. The van der Waals surface area contributed by atoms with E-state index in [4.69, 9.17) is 0 Å². The number of rotatable bonds is 7. The summed E-state index contributed by atoms with van der Waals surface area (Å²) in [4.78, 5) is 0. The lowest BCUT2D eigenvalue weighted by atomic mass is 10.1. The molecule has 0 unspecified atom stereocenters. The van der Waals surface area contributed by atoms with Crippen LogP contribution in [0.2, 0.25) is 0 Å². The van der Waals surface area contributed by atoms with Crippen molar-refractivity contribution in [2.75, 3.05) is 6.54 Å². The van der Waals surface area contributed by atoms with Crippen molar-refractivity contribution in [1.29, 1.82) is 0 Å². The summed E-state index contributed by atoms with van der Waals surface area (Å²) in [7, 11) is 0. The average Bonchev–Trinajstić information content (AvgIpc) is 2.92. The van der Waals surface area contributed by atoms with Crippen LogP contribution in [-0.2, 0) is 13.1 Å². The highest BCUT2D eigenvalue weighted by atomic mass is 19.3. The molecule has 19 heavy (non-hydrogen) atoms. The number of nitrogens with one attached hydrogen (secondary N) is 1. The van der Waals surface area contributed by atoms with E-state index in [9.17, 15) is 8.78 Å². The van der Waals surface area contributed by atoms with E-state index in [0.29, 0.717) is 6.54 Å². The van der Waals surface area contributed by atoms with Gasteiger partial charge in [-0.3, -0.25) is 4.68 Å². The normalized spacial score (nSPS) is 11.1. The number of aromatic nitrogens is 3. The van der Waals surface area contributed by atoms with Gasteiger partial charge >= 0.3 is 0 Å². The van der Waals surface area contributed by atoms with Gasteiger partial charge in [-0.15, -0.1) is 5.10 Å². The largest absolute Gasteiger partial charge is 0.313 e. The van der Waals surface area contributed by atoms with Gasteiger partial charge in [0.15, 0.2) is 0 Å². The number of nitrogens with zero attached hydrogens (tertiary/aromatic N) is 3. The maximum Gasteiger partial charge on any atom is 0.263 e. The summed E-state index contributed by atoms with van der Waals surface area (Å²) in [6, 6.07) is 6.39. The van der Waals surface area contributed by atoms with Crippen molar-refractivity contribution < 1.29 is 8.78 Å². The Labute approximate surface area is 110 Å². The molecule has 4 nitrogen and oxygen atoms in total. The minimum absolute atomic E-state index is 0.0648. The summed E-state index contributed by atoms with van der Waals surface area (Å²) in [6.07, 6.45) is 2.02. The molecule has 0 aliphatic heterocycles. The molecule has 0 aliphatic carbocycles. The van der Waals surface area contributed by atoms with Crippen LogP contribution in [0.1, 0.15) is 24.0 Å². The van der Waals surface area contributed by atoms with Gasteiger partial charge in [0.2, 0.25) is 0 Å². The van der Waals surface area contributed by atoms with Crippen LogP contribution in [0.25, 0.3) is 0 Å². The number of aryl methyl sites for hydroxylation is 1. The van der Waals surface area contributed by atoms with E-state index in [-0.39, 0.29) is 5.56 Å². The first-order valence-electron chi connectivity index (χ1n) is 6.17. The Hall–Kier alpha value is -1.82. The molecule has 0 saturated heterocycles. The zero-order valence-corrected chi connectivity index (χ0v) is 10.5. The Balaban J connectivity index is 1.65. The van der Waals surface area contributed by atoms with Gasteiger partial charge in [-0.2, -0.15) is 0 Å². The standard InChI is InChI=1S/C13H16F2N4/c14-13(15)12-4-2-11(3-5-12)10-16-6-1-8-19-9-7-17-18-19/h2-5,7,9,13,16H,1,6,8,10H2. The highest BCUT2D eigenvalue weighted by Crippen LogP contribution is 2.18. The van der Waals surface area contributed by atoms with Gasteiger partial charge in [0.05, 0.1) is 6.20 Å². The maximum atomic E-state index is 12.4. The Morgan fingerprint density at radius 1 is 1.21 bits per heavy atom. The van der Waals surface area contributed by atoms with Gasteiger partial charge in [0.1, 0.15) is 0 Å². The molecule has 0 bridgehead atoms. The first kappa shape index (κ1) is 13.6. The van der Waals surface area contributed by atoms with E-state index < -0.39 is 6.43 Å². The predicted octanol–water partition coefficient (Wildman–Crippen LogP) is 2.40. The zero-order valence-electron chi connectivity index (χ0n) is 10.5. The van der Waals surface area contributed by atoms with Crippen molar-refractivity contribution in [3.63, 3.8) is 0 Å². The van der Waals surface area contributed by atoms with Crippen molar-refractivity contribution in [1.82, 2.24) is 20.3 Å². The van der Waals surface area contributed by atoms with Crippen LogP contribution in [0, 0.1) is 0 Å². The van der Waals surface area contributed by atoms with E-state index >= 15 is 0 Å². The molecule has 0 spiro atoms. The zero-order chi connectivity index (χ0) is 13.5. The van der Waals surface area contributed by atoms with E-state index in [0.717, 1.165) is 25.1 Å². The van der Waals surface area contributed by atoms with Gasteiger partial charge in [0.25, 0.3) is 6.43 Å². The Kier molecular flexibility index (Phi) is 4.97. The quantitative estimate of drug-likeness (QED) is 0.782. The van der Waals surface area contributed by atoms with Crippen molar-refractivity contribution >= 4 is 0 Å². The lowest BCUT2D eigenvalue weighted by Gasteiger charge is -2.06. The SMILES string of the molecule is FC(F)c1ccc(CNCCCn2ccnn2)cc1. The highest BCUT2D eigenvalue weighted by molar-refractivity contribution is 5.23. The minimum Gasteiger partial charge on any atom is -0.313 e. The molecule has 0 saturated carbocycles. The number of alkyl halides is 2. The van der Waals surface area contributed by atoms with Crippen molar-refractivity contribution in [3.8, 4) is 0 Å². The van der Waals surface area contributed by atoms with Crippen molar-refractivity contribution in [3.05, 3.63) is 47.8 Å². The van der Waals surface area contributed by atoms with Gasteiger partial charge in [0, 0.05) is 24.8 Å². The van der Waals surface area contributed by atoms with E-state index in [1.807, 2.05) is 6.20 Å². The summed E-state index contributed by atoms with van der Waals surface area (Å²) in [6.45, 7) is 2.34. The van der Waals surface area contributed by atoms with Gasteiger partial charge in [-0.1, -0.05) is 29.5 Å². The van der Waals surface area contributed by atoms with Crippen LogP contribution in [0.4, 0.5) is 8.78 Å². The van der Waals surface area contributed by atoms with Crippen molar-refractivity contribution in [2.24, 2.45) is 0 Å². The van der Waals surface area contributed by atoms with Crippen LogP contribution in [0.15, 0.2) is 36.7 Å². The molecule has 1 aromatic carbocycles. The lowest BCUT2D eigenvalue weighted by molar-refractivity contribution is 0.151. The second kappa shape index (κ2) is 6.94. The third kappa shape index (κ3) is 4.40. The number of halogens is 2. The first-order valence-corrected chi connectivity index (χ1v) is 6.17. The molecule has 1 heterocycles. The van der Waals surface area contributed by atoms with Gasteiger partial charge in [-0.25, -0.2) is 8.78 Å². The molecule has 0 amide bonds. The fraction of sp³-hybridized carbons (Fsp3) is 0.385. The molecule has 1 aromatic heterocycles. The molecule has 0 aliphatic rings. The van der Waals surface area contributed by atoms with E-state index in [2.05, 4.69) is 15.6 Å². The molecule has 2 aromatic rings. The van der Waals surface area contributed by atoms with Crippen LogP contribution in [0.5, 0.6) is 0 Å². The Bertz CT molecular complexity index is 468. The van der Waals surface area contributed by atoms with Crippen molar-refractivity contribution in [2.45, 2.75) is 25.9 Å². The second-order valence-electron chi connectivity index (χ2n) is 4.24. The summed E-state index contributed by atoms with van der Waals surface area (Å²) in [5.74, 6) is 0. The van der Waals surface area contributed by atoms with E-state index in [1.165, 1.54) is 12.1 Å². The predicted molar refractivity (Wildman–Crippen MR) is 67.7 cm³/mol. The molecule has 1 N–H and O–H groups in total. The van der Waals surface area contributed by atoms with E-state index in [1.54, 1.807) is 23.0 Å².